The van der Waals surface area contributed by atoms with E-state index < -0.39 is 16.8 Å². The van der Waals surface area contributed by atoms with E-state index in [4.69, 9.17) is 11.1 Å². The van der Waals surface area contributed by atoms with Gasteiger partial charge in [0.1, 0.15) is 17.4 Å². The molecule has 0 saturated carbocycles. The molecule has 0 fully saturated rings. The summed E-state index contributed by atoms with van der Waals surface area (Å²) in [7, 11) is -0.173. The standard InChI is InChI=1S/C19H18N4O3S/c1-26-17(24)11-27(25)15-8-6-14(7-9-15)19-22-10-16(23-19)12-2-4-13(5-3-12)18(20)21/h2-10H,11H2,1H3,(H3,20,21)(H,22,23). The first-order valence-electron chi connectivity index (χ1n) is 8.03. The SMILES string of the molecule is COC(=O)CS(=O)c1ccc(-c2ncc(-c3ccc(C(=N)N)cc3)[nH]2)cc1. The number of carbonyl (C=O) groups is 1. The lowest BCUT2D eigenvalue weighted by Crippen LogP contribution is -2.11. The van der Waals surface area contributed by atoms with Crippen molar-refractivity contribution in [3.05, 3.63) is 60.3 Å². The van der Waals surface area contributed by atoms with E-state index >= 15 is 0 Å². The van der Waals surface area contributed by atoms with Gasteiger partial charge in [-0.25, -0.2) is 4.98 Å². The van der Waals surface area contributed by atoms with Gasteiger partial charge in [0.05, 0.1) is 29.8 Å². The number of carbonyl (C=O) groups excluding carboxylic acids is 1. The van der Waals surface area contributed by atoms with Crippen molar-refractivity contribution in [1.82, 2.24) is 9.97 Å². The lowest BCUT2D eigenvalue weighted by atomic mass is 10.1. The number of H-pyrrole nitrogens is 1. The van der Waals surface area contributed by atoms with Crippen LogP contribution in [0.4, 0.5) is 0 Å². The van der Waals surface area contributed by atoms with Crippen LogP contribution in [0.3, 0.4) is 0 Å². The topological polar surface area (TPSA) is 122 Å². The van der Waals surface area contributed by atoms with E-state index in [1.165, 1.54) is 7.11 Å². The van der Waals surface area contributed by atoms with Crippen LogP contribution in [0.25, 0.3) is 22.6 Å². The fourth-order valence-corrected chi connectivity index (χ4v) is 3.40. The van der Waals surface area contributed by atoms with Gasteiger partial charge in [-0.05, 0) is 17.7 Å². The van der Waals surface area contributed by atoms with Crippen molar-refractivity contribution in [1.29, 1.82) is 5.41 Å². The Morgan fingerprint density at radius 1 is 1.15 bits per heavy atom. The Kier molecular flexibility index (Phi) is 5.46. The van der Waals surface area contributed by atoms with Crippen LogP contribution in [0.2, 0.25) is 0 Å². The molecule has 4 N–H and O–H groups in total. The summed E-state index contributed by atoms with van der Waals surface area (Å²) in [6, 6.07) is 14.3. The number of esters is 1. The molecule has 1 heterocycles. The number of methoxy groups -OCH3 is 1. The Labute approximate surface area is 158 Å². The molecular weight excluding hydrogens is 364 g/mol. The maximum absolute atomic E-state index is 12.1. The number of nitrogen functional groups attached to an aromatic ring is 1. The molecule has 0 amide bonds. The van der Waals surface area contributed by atoms with E-state index in [0.717, 1.165) is 16.8 Å². The minimum Gasteiger partial charge on any atom is -0.468 e. The van der Waals surface area contributed by atoms with Crippen molar-refractivity contribution < 1.29 is 13.7 Å². The number of hydrogen-bond acceptors (Lipinski definition) is 5. The number of rotatable bonds is 6. The third-order valence-corrected chi connectivity index (χ3v) is 5.25. The average Bonchev–Trinajstić information content (AvgIpc) is 3.18. The molecule has 0 bridgehead atoms. The normalized spacial score (nSPS) is 11.7. The van der Waals surface area contributed by atoms with Gasteiger partial charge in [0.25, 0.3) is 0 Å². The Morgan fingerprint density at radius 3 is 2.37 bits per heavy atom. The van der Waals surface area contributed by atoms with E-state index in [2.05, 4.69) is 14.7 Å². The first-order chi connectivity index (χ1) is 13.0. The van der Waals surface area contributed by atoms with Crippen LogP contribution in [0.5, 0.6) is 0 Å². The van der Waals surface area contributed by atoms with Gasteiger partial charge >= 0.3 is 5.97 Å². The molecule has 1 unspecified atom stereocenters. The first-order valence-corrected chi connectivity index (χ1v) is 9.35. The molecule has 3 rings (SSSR count). The molecule has 27 heavy (non-hydrogen) atoms. The highest BCUT2D eigenvalue weighted by Gasteiger charge is 2.11. The molecule has 3 aromatic rings. The van der Waals surface area contributed by atoms with Crippen molar-refractivity contribution in [3.8, 4) is 22.6 Å². The van der Waals surface area contributed by atoms with Crippen LogP contribution >= 0.6 is 0 Å². The van der Waals surface area contributed by atoms with E-state index in [1.54, 1.807) is 42.6 Å². The molecule has 0 spiro atoms. The number of nitrogens with zero attached hydrogens (tertiary/aromatic N) is 1. The quantitative estimate of drug-likeness (QED) is 0.343. The lowest BCUT2D eigenvalue weighted by Gasteiger charge is -2.03. The van der Waals surface area contributed by atoms with Gasteiger partial charge in [-0.15, -0.1) is 0 Å². The molecule has 0 radical (unpaired) electrons. The number of benzene rings is 2. The molecule has 0 aliphatic heterocycles. The van der Waals surface area contributed by atoms with E-state index in [9.17, 15) is 9.00 Å². The van der Waals surface area contributed by atoms with Gasteiger partial charge in [0, 0.05) is 16.0 Å². The fraction of sp³-hybridized carbons (Fsp3) is 0.105. The highest BCUT2D eigenvalue weighted by Crippen LogP contribution is 2.23. The van der Waals surface area contributed by atoms with E-state index in [1.807, 2.05) is 12.1 Å². The van der Waals surface area contributed by atoms with Gasteiger partial charge < -0.3 is 15.5 Å². The second-order valence-electron chi connectivity index (χ2n) is 5.73. The number of aromatic nitrogens is 2. The zero-order valence-corrected chi connectivity index (χ0v) is 15.4. The molecule has 7 nitrogen and oxygen atoms in total. The molecular formula is C19H18N4O3S. The van der Waals surface area contributed by atoms with Crippen LogP contribution in [0, 0.1) is 5.41 Å². The Morgan fingerprint density at radius 2 is 1.78 bits per heavy atom. The average molecular weight is 382 g/mol. The number of aromatic amines is 1. The third-order valence-electron chi connectivity index (χ3n) is 3.95. The molecule has 0 aliphatic carbocycles. The van der Waals surface area contributed by atoms with Crippen molar-refractivity contribution in [2.45, 2.75) is 4.90 Å². The summed E-state index contributed by atoms with van der Waals surface area (Å²) < 4.78 is 16.6. The minimum absolute atomic E-state index is 0.0246. The van der Waals surface area contributed by atoms with E-state index in [0.29, 0.717) is 16.3 Å². The monoisotopic (exact) mass is 382 g/mol. The molecule has 1 aromatic heterocycles. The molecule has 8 heteroatoms. The maximum atomic E-state index is 12.1. The second-order valence-corrected chi connectivity index (χ2v) is 7.18. The molecule has 1 atom stereocenters. The number of amidine groups is 1. The minimum atomic E-state index is -1.44. The largest absolute Gasteiger partial charge is 0.468 e. The van der Waals surface area contributed by atoms with Crippen molar-refractivity contribution >= 4 is 22.6 Å². The van der Waals surface area contributed by atoms with Gasteiger partial charge in [0.2, 0.25) is 0 Å². The van der Waals surface area contributed by atoms with Gasteiger partial charge in [-0.3, -0.25) is 14.4 Å². The summed E-state index contributed by atoms with van der Waals surface area (Å²) in [6.45, 7) is 0. The Bertz CT molecular complexity index is 995. The zero-order valence-electron chi connectivity index (χ0n) is 14.6. The highest BCUT2D eigenvalue weighted by molar-refractivity contribution is 7.85. The zero-order chi connectivity index (χ0) is 19.4. The summed E-state index contributed by atoms with van der Waals surface area (Å²) in [4.78, 5) is 19.4. The second kappa shape index (κ2) is 7.96. The van der Waals surface area contributed by atoms with Gasteiger partial charge in [0.15, 0.2) is 0 Å². The highest BCUT2D eigenvalue weighted by atomic mass is 32.2. The number of ether oxygens (including phenoxy) is 1. The maximum Gasteiger partial charge on any atom is 0.318 e. The van der Waals surface area contributed by atoms with E-state index in [-0.39, 0.29) is 11.6 Å². The van der Waals surface area contributed by atoms with Crippen molar-refractivity contribution in [2.24, 2.45) is 5.73 Å². The first kappa shape index (κ1) is 18.5. The Balaban J connectivity index is 1.77. The molecule has 0 saturated heterocycles. The number of nitrogens with two attached hydrogens (primary N) is 1. The molecule has 2 aromatic carbocycles. The molecule has 0 aliphatic rings. The molecule has 138 valence electrons. The van der Waals surface area contributed by atoms with Crippen LogP contribution in [0.1, 0.15) is 5.56 Å². The Hall–Kier alpha value is -3.26. The predicted molar refractivity (Wildman–Crippen MR) is 104 cm³/mol. The lowest BCUT2D eigenvalue weighted by molar-refractivity contribution is -0.137. The number of imidazole rings is 1. The van der Waals surface area contributed by atoms with Crippen LogP contribution < -0.4 is 5.73 Å². The van der Waals surface area contributed by atoms with Gasteiger partial charge in [-0.1, -0.05) is 36.4 Å². The number of nitrogens with one attached hydrogen (secondary N) is 2. The summed E-state index contributed by atoms with van der Waals surface area (Å²) in [5.74, 6) is 0.0168. The predicted octanol–water partition coefficient (Wildman–Crippen LogP) is 2.31. The summed E-state index contributed by atoms with van der Waals surface area (Å²) in [5.41, 5.74) is 8.72. The van der Waals surface area contributed by atoms with Crippen LogP contribution in [-0.4, -0.2) is 38.8 Å². The summed E-state index contributed by atoms with van der Waals surface area (Å²) >= 11 is 0. The van der Waals surface area contributed by atoms with Crippen LogP contribution in [-0.2, 0) is 20.3 Å². The van der Waals surface area contributed by atoms with Crippen molar-refractivity contribution in [3.63, 3.8) is 0 Å². The third kappa shape index (κ3) is 4.29. The smallest absolute Gasteiger partial charge is 0.318 e. The summed E-state index contributed by atoms with van der Waals surface area (Å²) in [5, 5.41) is 7.43. The number of hydrogen-bond donors (Lipinski definition) is 3. The fourth-order valence-electron chi connectivity index (χ4n) is 2.46. The van der Waals surface area contributed by atoms with Crippen molar-refractivity contribution in [2.75, 3.05) is 12.9 Å². The van der Waals surface area contributed by atoms with Gasteiger partial charge in [-0.2, -0.15) is 0 Å². The van der Waals surface area contributed by atoms with Crippen LogP contribution in [0.15, 0.2) is 59.6 Å². The summed E-state index contributed by atoms with van der Waals surface area (Å²) in [6.07, 6.45) is 1.72.